The number of benzene rings is 1. The number of amides is 3. The summed E-state index contributed by atoms with van der Waals surface area (Å²) in [7, 11) is 0. The highest BCUT2D eigenvalue weighted by Crippen LogP contribution is 2.23. The molecule has 0 aliphatic heterocycles. The molecule has 0 aromatic heterocycles. The number of hydrogen-bond donors (Lipinski definition) is 2. The third kappa shape index (κ3) is 6.66. The second kappa shape index (κ2) is 10.4. The van der Waals surface area contributed by atoms with Gasteiger partial charge in [0.15, 0.2) is 6.61 Å². The molecule has 0 fully saturated rings. The first kappa shape index (κ1) is 21.4. The highest BCUT2D eigenvalue weighted by atomic mass is 35.5. The molecule has 0 bridgehead atoms. The van der Waals surface area contributed by atoms with Gasteiger partial charge in [0, 0.05) is 17.6 Å². The molecule has 10 heteroatoms. The van der Waals surface area contributed by atoms with Gasteiger partial charge in [-0.25, -0.2) is 9.59 Å². The Balaban J connectivity index is 1.75. The molecule has 1 aliphatic carbocycles. The average Bonchev–Trinajstić information content (AvgIpc) is 2.66. The molecule has 0 spiro atoms. The maximum Gasteiger partial charge on any atom is 0.345 e. The Morgan fingerprint density at radius 2 is 2.04 bits per heavy atom. The molecule has 1 aliphatic rings. The van der Waals surface area contributed by atoms with E-state index in [0.717, 1.165) is 37.8 Å². The van der Waals surface area contributed by atoms with Crippen LogP contribution in [0.4, 0.5) is 10.5 Å². The Morgan fingerprint density at radius 1 is 1.25 bits per heavy atom. The van der Waals surface area contributed by atoms with Crippen molar-refractivity contribution in [3.8, 4) is 0 Å². The molecule has 0 unspecified atom stereocenters. The van der Waals surface area contributed by atoms with Crippen LogP contribution >= 0.6 is 11.6 Å². The number of nitro groups is 1. The molecule has 0 radical (unpaired) electrons. The number of nitrogens with one attached hydrogen (secondary N) is 2. The van der Waals surface area contributed by atoms with E-state index in [1.54, 1.807) is 0 Å². The molecule has 1 aromatic carbocycles. The number of rotatable bonds is 7. The lowest BCUT2D eigenvalue weighted by molar-refractivity contribution is -0.385. The van der Waals surface area contributed by atoms with Gasteiger partial charge in [0.05, 0.1) is 4.92 Å². The Morgan fingerprint density at radius 3 is 2.71 bits per heavy atom. The van der Waals surface area contributed by atoms with E-state index >= 15 is 0 Å². The monoisotopic (exact) mass is 409 g/mol. The maximum absolute atomic E-state index is 12.0. The number of hydrogen-bond acceptors (Lipinski definition) is 6. The lowest BCUT2D eigenvalue weighted by Gasteiger charge is -2.13. The summed E-state index contributed by atoms with van der Waals surface area (Å²) < 4.78 is 4.73. The SMILES string of the molecule is O=C(COC(=O)c1ccc(Cl)cc1[N+](=O)[O-])NC(=O)NCCC1=CCCCC1. The van der Waals surface area contributed by atoms with Gasteiger partial charge in [0.2, 0.25) is 0 Å². The molecule has 2 rings (SSSR count). The average molecular weight is 410 g/mol. The molecule has 28 heavy (non-hydrogen) atoms. The van der Waals surface area contributed by atoms with Gasteiger partial charge in [-0.05, 0) is 44.2 Å². The van der Waals surface area contributed by atoms with Crippen molar-refractivity contribution < 1.29 is 24.0 Å². The van der Waals surface area contributed by atoms with Crippen LogP contribution in [0.2, 0.25) is 5.02 Å². The summed E-state index contributed by atoms with van der Waals surface area (Å²) in [5, 5.41) is 15.6. The number of urea groups is 1. The van der Waals surface area contributed by atoms with E-state index in [4.69, 9.17) is 16.3 Å². The fraction of sp³-hybridized carbons (Fsp3) is 0.389. The summed E-state index contributed by atoms with van der Waals surface area (Å²) >= 11 is 5.67. The Hall–Kier alpha value is -2.94. The number of esters is 1. The minimum atomic E-state index is -1.07. The zero-order chi connectivity index (χ0) is 20.5. The fourth-order valence-electron chi connectivity index (χ4n) is 2.71. The van der Waals surface area contributed by atoms with Crippen molar-refractivity contribution >= 4 is 35.2 Å². The predicted molar refractivity (Wildman–Crippen MR) is 101 cm³/mol. The second-order valence-corrected chi connectivity index (χ2v) is 6.59. The van der Waals surface area contributed by atoms with E-state index in [1.165, 1.54) is 18.1 Å². The molecule has 0 saturated carbocycles. The predicted octanol–water partition coefficient (Wildman–Crippen LogP) is 3.12. The van der Waals surface area contributed by atoms with Crippen LogP contribution in [0, 0.1) is 10.1 Å². The van der Waals surface area contributed by atoms with Crippen LogP contribution in [-0.4, -0.2) is 36.0 Å². The number of carbonyl (C=O) groups excluding carboxylic acids is 3. The summed E-state index contributed by atoms with van der Waals surface area (Å²) in [6.07, 6.45) is 7.30. The molecule has 0 saturated heterocycles. The summed E-state index contributed by atoms with van der Waals surface area (Å²) in [6.45, 7) is -0.362. The largest absolute Gasteiger partial charge is 0.452 e. The topological polar surface area (TPSA) is 128 Å². The van der Waals surface area contributed by atoms with Gasteiger partial charge in [-0.1, -0.05) is 23.3 Å². The van der Waals surface area contributed by atoms with Crippen molar-refractivity contribution in [2.45, 2.75) is 32.1 Å². The zero-order valence-electron chi connectivity index (χ0n) is 15.0. The van der Waals surface area contributed by atoms with Crippen LogP contribution in [0.25, 0.3) is 0 Å². The number of nitrogens with zero attached hydrogens (tertiary/aromatic N) is 1. The standard InChI is InChI=1S/C18H20ClN3O6/c19-13-6-7-14(15(10-13)22(26)27)17(24)28-11-16(23)21-18(25)20-9-8-12-4-2-1-3-5-12/h4,6-7,10H,1-3,5,8-9,11H2,(H2,20,21,23,25). The van der Waals surface area contributed by atoms with Gasteiger partial charge >= 0.3 is 12.0 Å². The highest BCUT2D eigenvalue weighted by molar-refractivity contribution is 6.31. The summed E-state index contributed by atoms with van der Waals surface area (Å²) in [6, 6.07) is 2.73. The van der Waals surface area contributed by atoms with Crippen LogP contribution in [-0.2, 0) is 9.53 Å². The Labute approximate surface area is 166 Å². The normalized spacial score (nSPS) is 13.2. The zero-order valence-corrected chi connectivity index (χ0v) is 15.8. The minimum absolute atomic E-state index is 0.0849. The number of halogens is 1. The summed E-state index contributed by atoms with van der Waals surface area (Å²) in [5.74, 6) is -1.91. The molecule has 3 amide bonds. The number of carbonyl (C=O) groups is 3. The number of allylic oxidation sites excluding steroid dienone is 1. The van der Waals surface area contributed by atoms with Crippen LogP contribution in [0.15, 0.2) is 29.8 Å². The minimum Gasteiger partial charge on any atom is -0.452 e. The second-order valence-electron chi connectivity index (χ2n) is 6.16. The summed E-state index contributed by atoms with van der Waals surface area (Å²) in [5.41, 5.74) is 0.413. The molecular formula is C18H20ClN3O6. The fourth-order valence-corrected chi connectivity index (χ4v) is 2.88. The van der Waals surface area contributed by atoms with E-state index in [-0.39, 0.29) is 10.6 Å². The van der Waals surface area contributed by atoms with E-state index in [1.807, 2.05) is 5.32 Å². The number of nitro benzene ring substituents is 1. The molecular weight excluding hydrogens is 390 g/mol. The smallest absolute Gasteiger partial charge is 0.345 e. The van der Waals surface area contributed by atoms with E-state index in [9.17, 15) is 24.5 Å². The van der Waals surface area contributed by atoms with Gasteiger partial charge in [-0.3, -0.25) is 20.2 Å². The van der Waals surface area contributed by atoms with E-state index in [2.05, 4.69) is 11.4 Å². The van der Waals surface area contributed by atoms with Gasteiger partial charge < -0.3 is 10.1 Å². The van der Waals surface area contributed by atoms with Gasteiger partial charge in [-0.15, -0.1) is 0 Å². The third-order valence-electron chi connectivity index (χ3n) is 4.08. The third-order valence-corrected chi connectivity index (χ3v) is 4.32. The highest BCUT2D eigenvalue weighted by Gasteiger charge is 2.22. The molecule has 1 aromatic rings. The molecule has 9 nitrogen and oxygen atoms in total. The van der Waals surface area contributed by atoms with E-state index in [0.29, 0.717) is 6.54 Å². The maximum atomic E-state index is 12.0. The lowest BCUT2D eigenvalue weighted by Crippen LogP contribution is -2.41. The van der Waals surface area contributed by atoms with Crippen molar-refractivity contribution in [1.82, 2.24) is 10.6 Å². The van der Waals surface area contributed by atoms with Crippen molar-refractivity contribution in [3.63, 3.8) is 0 Å². The van der Waals surface area contributed by atoms with Crippen molar-refractivity contribution in [2.75, 3.05) is 13.2 Å². The van der Waals surface area contributed by atoms with Crippen LogP contribution < -0.4 is 10.6 Å². The molecule has 0 heterocycles. The summed E-state index contributed by atoms with van der Waals surface area (Å²) in [4.78, 5) is 45.6. The Kier molecular flexibility index (Phi) is 7.94. The molecule has 2 N–H and O–H groups in total. The number of ether oxygens (including phenoxy) is 1. The van der Waals surface area contributed by atoms with E-state index < -0.39 is 35.1 Å². The van der Waals surface area contributed by atoms with Crippen molar-refractivity contribution in [3.05, 3.63) is 50.5 Å². The van der Waals surface area contributed by atoms with Crippen LogP contribution in [0.3, 0.4) is 0 Å². The van der Waals surface area contributed by atoms with Gasteiger partial charge in [0.25, 0.3) is 11.6 Å². The van der Waals surface area contributed by atoms with Crippen molar-refractivity contribution in [1.29, 1.82) is 0 Å². The van der Waals surface area contributed by atoms with Crippen molar-refractivity contribution in [2.24, 2.45) is 0 Å². The number of imide groups is 1. The Bertz CT molecular complexity index is 809. The lowest BCUT2D eigenvalue weighted by atomic mass is 9.97. The first-order valence-electron chi connectivity index (χ1n) is 8.73. The van der Waals surface area contributed by atoms with Crippen LogP contribution in [0.1, 0.15) is 42.5 Å². The van der Waals surface area contributed by atoms with Gasteiger partial charge in [0.1, 0.15) is 5.56 Å². The van der Waals surface area contributed by atoms with Crippen LogP contribution in [0.5, 0.6) is 0 Å². The first-order valence-corrected chi connectivity index (χ1v) is 9.11. The molecule has 0 atom stereocenters. The molecule has 150 valence electrons. The first-order chi connectivity index (χ1) is 13.4. The van der Waals surface area contributed by atoms with Gasteiger partial charge in [-0.2, -0.15) is 0 Å². The quantitative estimate of drug-likeness (QED) is 0.308.